The smallest absolute Gasteiger partial charge is 0.349 e. The summed E-state index contributed by atoms with van der Waals surface area (Å²) in [6.45, 7) is 0. The average molecular weight is 421 g/mol. The van der Waals surface area contributed by atoms with E-state index in [1.54, 1.807) is 13.1 Å². The molecule has 2 aliphatic rings. The van der Waals surface area contributed by atoms with E-state index in [1.165, 1.54) is 0 Å². The number of esters is 1. The minimum absolute atomic E-state index is 0.126. The standard InChI is InChI=1S/C22H19F4NO3/c1-27-15-3-2-9-21(27,10-8-15)30-20(28)22(29,16-6-4-13(23)11-18(16)25)17-7-5-14(24)12-19(17)26/h2,4-7,9,11-12,15,29H,3,8,10H2,1H3/t15-,21-/m1/s1. The van der Waals surface area contributed by atoms with Crippen molar-refractivity contribution >= 4 is 5.97 Å². The molecular formula is C22H19F4NO3. The monoisotopic (exact) mass is 421 g/mol. The van der Waals surface area contributed by atoms with Crippen molar-refractivity contribution in [1.82, 2.24) is 4.90 Å². The molecule has 2 aromatic rings. The van der Waals surface area contributed by atoms with Crippen molar-refractivity contribution in [2.75, 3.05) is 7.05 Å². The average Bonchev–Trinajstić information content (AvgIpc) is 2.85. The Balaban J connectivity index is 1.84. The first-order valence-corrected chi connectivity index (χ1v) is 9.45. The van der Waals surface area contributed by atoms with Crippen LogP contribution >= 0.6 is 0 Å². The molecule has 8 heteroatoms. The Bertz CT molecular complexity index is 990. The fraction of sp³-hybridized carbons (Fsp3) is 0.318. The maximum absolute atomic E-state index is 14.6. The van der Waals surface area contributed by atoms with E-state index in [-0.39, 0.29) is 6.04 Å². The first kappa shape index (κ1) is 20.6. The van der Waals surface area contributed by atoms with Crippen LogP contribution in [0.3, 0.4) is 0 Å². The van der Waals surface area contributed by atoms with E-state index >= 15 is 0 Å². The van der Waals surface area contributed by atoms with Gasteiger partial charge in [0.05, 0.1) is 0 Å². The molecule has 0 aromatic heterocycles. The molecule has 0 unspecified atom stereocenters. The van der Waals surface area contributed by atoms with Gasteiger partial charge in [-0.2, -0.15) is 0 Å². The number of fused-ring (bicyclic) bond motifs is 2. The molecule has 0 radical (unpaired) electrons. The molecule has 2 aromatic carbocycles. The van der Waals surface area contributed by atoms with Gasteiger partial charge in [0.15, 0.2) is 5.72 Å². The third kappa shape index (κ3) is 3.11. The normalized spacial score (nSPS) is 23.6. The predicted octanol–water partition coefficient (Wildman–Crippen LogP) is 3.77. The van der Waals surface area contributed by atoms with Crippen LogP contribution < -0.4 is 0 Å². The van der Waals surface area contributed by atoms with E-state index in [0.29, 0.717) is 18.6 Å². The van der Waals surface area contributed by atoms with Crippen LogP contribution in [-0.4, -0.2) is 34.8 Å². The minimum Gasteiger partial charge on any atom is -0.437 e. The number of hydrogen-bond acceptors (Lipinski definition) is 4. The lowest BCUT2D eigenvalue weighted by molar-refractivity contribution is -0.188. The van der Waals surface area contributed by atoms with Gasteiger partial charge < -0.3 is 9.84 Å². The number of carbonyl (C=O) groups excluding carboxylic acids is 1. The molecule has 1 fully saturated rings. The molecule has 0 aliphatic carbocycles. The maximum atomic E-state index is 14.6. The number of halogens is 4. The summed E-state index contributed by atoms with van der Waals surface area (Å²) in [5, 5.41) is 11.4. The molecule has 2 atom stereocenters. The van der Waals surface area contributed by atoms with Crippen molar-refractivity contribution in [2.45, 2.75) is 36.6 Å². The van der Waals surface area contributed by atoms with Crippen LogP contribution in [0.15, 0.2) is 48.6 Å². The summed E-state index contributed by atoms with van der Waals surface area (Å²) in [6.07, 6.45) is 5.45. The summed E-state index contributed by atoms with van der Waals surface area (Å²) < 4.78 is 61.8. The summed E-state index contributed by atoms with van der Waals surface area (Å²) in [6, 6.07) is 4.38. The van der Waals surface area contributed by atoms with E-state index in [1.807, 2.05) is 11.0 Å². The van der Waals surface area contributed by atoms with Crippen molar-refractivity contribution in [1.29, 1.82) is 0 Å². The fourth-order valence-corrected chi connectivity index (χ4v) is 4.26. The second-order valence-corrected chi connectivity index (χ2v) is 7.63. The van der Waals surface area contributed by atoms with Crippen LogP contribution in [0.1, 0.15) is 30.4 Å². The highest BCUT2D eigenvalue weighted by atomic mass is 19.1. The maximum Gasteiger partial charge on any atom is 0.349 e. The Kier molecular flexibility index (Phi) is 4.94. The lowest BCUT2D eigenvalue weighted by Gasteiger charge is -2.40. The fourth-order valence-electron chi connectivity index (χ4n) is 4.26. The van der Waals surface area contributed by atoms with Gasteiger partial charge in [-0.1, -0.05) is 6.08 Å². The van der Waals surface area contributed by atoms with Gasteiger partial charge >= 0.3 is 5.97 Å². The highest BCUT2D eigenvalue weighted by Crippen LogP contribution is 2.43. The van der Waals surface area contributed by atoms with Crippen molar-refractivity contribution in [2.24, 2.45) is 0 Å². The van der Waals surface area contributed by atoms with Gasteiger partial charge in [0, 0.05) is 35.7 Å². The number of likely N-dealkylation sites (N-methyl/N-ethyl adjacent to an activating group) is 1. The summed E-state index contributed by atoms with van der Waals surface area (Å²) >= 11 is 0. The zero-order valence-corrected chi connectivity index (χ0v) is 16.0. The van der Waals surface area contributed by atoms with Gasteiger partial charge in [-0.3, -0.25) is 4.90 Å². The van der Waals surface area contributed by atoms with Crippen molar-refractivity contribution in [3.8, 4) is 0 Å². The molecule has 0 spiro atoms. The summed E-state index contributed by atoms with van der Waals surface area (Å²) in [4.78, 5) is 15.1. The van der Waals surface area contributed by atoms with Crippen LogP contribution in [0.5, 0.6) is 0 Å². The van der Waals surface area contributed by atoms with Gasteiger partial charge in [-0.25, -0.2) is 22.4 Å². The number of aliphatic hydroxyl groups is 1. The Morgan fingerprint density at radius 3 is 2.20 bits per heavy atom. The molecule has 158 valence electrons. The highest BCUT2D eigenvalue weighted by Gasteiger charge is 2.53. The highest BCUT2D eigenvalue weighted by molar-refractivity contribution is 5.86. The van der Waals surface area contributed by atoms with Gasteiger partial charge in [0.1, 0.15) is 23.3 Å². The molecule has 0 saturated carbocycles. The molecule has 2 heterocycles. The molecule has 0 amide bonds. The number of ether oxygens (including phenoxy) is 1. The summed E-state index contributed by atoms with van der Waals surface area (Å²) in [5.74, 6) is -5.78. The summed E-state index contributed by atoms with van der Waals surface area (Å²) in [5.41, 5.74) is -5.55. The van der Waals surface area contributed by atoms with Crippen molar-refractivity contribution in [3.05, 3.63) is 82.9 Å². The van der Waals surface area contributed by atoms with E-state index < -0.39 is 51.7 Å². The van der Waals surface area contributed by atoms with Crippen LogP contribution in [0.25, 0.3) is 0 Å². The van der Waals surface area contributed by atoms with Crippen LogP contribution in [0, 0.1) is 23.3 Å². The Morgan fingerprint density at radius 1 is 1.10 bits per heavy atom. The number of rotatable bonds is 4. The van der Waals surface area contributed by atoms with Crippen LogP contribution in [-0.2, 0) is 15.1 Å². The predicted molar refractivity (Wildman–Crippen MR) is 99.1 cm³/mol. The minimum atomic E-state index is -2.96. The lowest BCUT2D eigenvalue weighted by atomic mass is 9.85. The van der Waals surface area contributed by atoms with Crippen molar-refractivity contribution < 1.29 is 32.2 Å². The molecule has 30 heavy (non-hydrogen) atoms. The second kappa shape index (κ2) is 7.21. The zero-order chi connectivity index (χ0) is 21.7. The topological polar surface area (TPSA) is 49.8 Å². The van der Waals surface area contributed by atoms with E-state index in [2.05, 4.69) is 0 Å². The van der Waals surface area contributed by atoms with Gasteiger partial charge in [-0.15, -0.1) is 0 Å². The first-order chi connectivity index (χ1) is 14.2. The Morgan fingerprint density at radius 2 is 1.67 bits per heavy atom. The molecule has 2 aliphatic heterocycles. The second-order valence-electron chi connectivity index (χ2n) is 7.63. The number of carbonyl (C=O) groups is 1. The number of hydrogen-bond donors (Lipinski definition) is 1. The SMILES string of the molecule is CN1[C@@H]2CC=C[C@@]1(OC(=O)C(O)(c1ccc(F)cc1F)c1ccc(F)cc1F)CC2. The van der Waals surface area contributed by atoms with E-state index in [0.717, 1.165) is 37.1 Å². The third-order valence-corrected chi connectivity index (χ3v) is 5.97. The number of benzene rings is 2. The summed E-state index contributed by atoms with van der Waals surface area (Å²) in [7, 11) is 1.75. The van der Waals surface area contributed by atoms with Crippen LogP contribution in [0.4, 0.5) is 17.6 Å². The third-order valence-electron chi connectivity index (χ3n) is 5.97. The Hall–Kier alpha value is -2.71. The van der Waals surface area contributed by atoms with Gasteiger partial charge in [0.2, 0.25) is 5.60 Å². The lowest BCUT2D eigenvalue weighted by Crippen LogP contribution is -2.52. The van der Waals surface area contributed by atoms with Crippen LogP contribution in [0.2, 0.25) is 0 Å². The van der Waals surface area contributed by atoms with Crippen molar-refractivity contribution in [3.63, 3.8) is 0 Å². The molecule has 2 bridgehead atoms. The van der Waals surface area contributed by atoms with Gasteiger partial charge in [-0.05, 0) is 50.2 Å². The van der Waals surface area contributed by atoms with E-state index in [4.69, 9.17) is 4.74 Å². The van der Waals surface area contributed by atoms with Gasteiger partial charge in [0.25, 0.3) is 0 Å². The largest absolute Gasteiger partial charge is 0.437 e. The quantitative estimate of drug-likeness (QED) is 0.464. The molecule has 1 saturated heterocycles. The van der Waals surface area contributed by atoms with E-state index in [9.17, 15) is 27.5 Å². The molecule has 4 rings (SSSR count). The molecule has 1 N–H and O–H groups in total. The molecule has 4 nitrogen and oxygen atoms in total. The molecular weight excluding hydrogens is 402 g/mol. The number of nitrogens with zero attached hydrogens (tertiary/aromatic N) is 1. The zero-order valence-electron chi connectivity index (χ0n) is 16.0. The first-order valence-electron chi connectivity index (χ1n) is 9.45. The Labute approximate surface area is 170 Å².